The molecule has 1 atom stereocenters. The van der Waals surface area contributed by atoms with E-state index >= 15 is 0 Å². The molecular weight excluding hydrogens is 300 g/mol. The van der Waals surface area contributed by atoms with Gasteiger partial charge in [0, 0.05) is 25.2 Å². The molecule has 2 aromatic rings. The van der Waals surface area contributed by atoms with Gasteiger partial charge in [-0.05, 0) is 31.0 Å². The summed E-state index contributed by atoms with van der Waals surface area (Å²) in [7, 11) is 0. The number of likely N-dealkylation sites (tertiary alicyclic amines) is 1. The average molecular weight is 322 g/mol. The van der Waals surface area contributed by atoms with E-state index in [-0.39, 0.29) is 17.7 Å². The van der Waals surface area contributed by atoms with Crippen molar-refractivity contribution in [2.75, 3.05) is 18.4 Å². The van der Waals surface area contributed by atoms with Crippen LogP contribution >= 0.6 is 0 Å². The van der Waals surface area contributed by atoms with Gasteiger partial charge in [-0.15, -0.1) is 0 Å². The Kier molecular flexibility index (Phi) is 4.94. The Balaban J connectivity index is 1.53. The van der Waals surface area contributed by atoms with Crippen LogP contribution in [0.15, 0.2) is 54.6 Å². The van der Waals surface area contributed by atoms with Crippen molar-refractivity contribution in [1.82, 2.24) is 4.90 Å². The molecule has 2 amide bonds. The summed E-state index contributed by atoms with van der Waals surface area (Å²) in [5.74, 6) is -0.279. The molecule has 4 nitrogen and oxygen atoms in total. The van der Waals surface area contributed by atoms with Gasteiger partial charge in [0.15, 0.2) is 0 Å². The molecule has 1 heterocycles. The van der Waals surface area contributed by atoms with Crippen molar-refractivity contribution >= 4 is 17.5 Å². The molecule has 0 bridgehead atoms. The second-order valence-corrected chi connectivity index (χ2v) is 6.33. The zero-order chi connectivity index (χ0) is 16.9. The Hall–Kier alpha value is -2.62. The minimum absolute atomic E-state index is 0.0648. The zero-order valence-electron chi connectivity index (χ0n) is 13.9. The molecule has 1 aliphatic rings. The lowest BCUT2D eigenvalue weighted by Gasteiger charge is -2.16. The fourth-order valence-electron chi connectivity index (χ4n) is 2.95. The number of aryl methyl sites for hydroxylation is 1. The summed E-state index contributed by atoms with van der Waals surface area (Å²) in [5, 5.41) is 2.91. The molecule has 2 aromatic carbocycles. The van der Waals surface area contributed by atoms with E-state index in [0.717, 1.165) is 17.7 Å². The lowest BCUT2D eigenvalue weighted by molar-refractivity contribution is -0.128. The molecule has 1 saturated heterocycles. The maximum Gasteiger partial charge on any atom is 0.229 e. The van der Waals surface area contributed by atoms with Gasteiger partial charge in [-0.25, -0.2) is 0 Å². The summed E-state index contributed by atoms with van der Waals surface area (Å²) < 4.78 is 0. The third-order valence-electron chi connectivity index (χ3n) is 4.42. The Bertz CT molecular complexity index is 710. The molecule has 1 unspecified atom stereocenters. The van der Waals surface area contributed by atoms with E-state index < -0.39 is 0 Å². The van der Waals surface area contributed by atoms with Crippen LogP contribution in [0.25, 0.3) is 0 Å². The Labute approximate surface area is 142 Å². The van der Waals surface area contributed by atoms with Gasteiger partial charge >= 0.3 is 0 Å². The largest absolute Gasteiger partial charge is 0.342 e. The first-order valence-corrected chi connectivity index (χ1v) is 8.31. The first kappa shape index (κ1) is 16.2. The number of nitrogens with zero attached hydrogens (tertiary/aromatic N) is 1. The summed E-state index contributed by atoms with van der Waals surface area (Å²) in [6.45, 7) is 3.17. The summed E-state index contributed by atoms with van der Waals surface area (Å²) in [5.41, 5.74) is 3.13. The van der Waals surface area contributed by atoms with E-state index in [1.54, 1.807) is 4.90 Å². The number of carbonyl (C=O) groups is 2. The lowest BCUT2D eigenvalue weighted by Crippen LogP contribution is -2.30. The highest BCUT2D eigenvalue weighted by atomic mass is 16.2. The van der Waals surface area contributed by atoms with E-state index in [1.807, 2.05) is 49.4 Å². The van der Waals surface area contributed by atoms with Crippen LogP contribution in [0.5, 0.6) is 0 Å². The molecule has 24 heavy (non-hydrogen) atoms. The van der Waals surface area contributed by atoms with Crippen LogP contribution in [0.3, 0.4) is 0 Å². The number of benzene rings is 2. The number of rotatable bonds is 5. The SMILES string of the molecule is Cc1ccc(NC(=O)C2CC(=O)N(CCc3ccccc3)C2)cc1. The highest BCUT2D eigenvalue weighted by Crippen LogP contribution is 2.20. The molecule has 1 fully saturated rings. The Morgan fingerprint density at radius 3 is 2.54 bits per heavy atom. The molecule has 124 valence electrons. The molecule has 0 aliphatic carbocycles. The summed E-state index contributed by atoms with van der Waals surface area (Å²) in [4.78, 5) is 26.3. The lowest BCUT2D eigenvalue weighted by atomic mass is 10.1. The standard InChI is InChI=1S/C20H22N2O2/c1-15-7-9-18(10-8-15)21-20(24)17-13-19(23)22(14-17)12-11-16-5-3-2-4-6-16/h2-10,17H,11-14H2,1H3,(H,21,24). The number of hydrogen-bond donors (Lipinski definition) is 1. The number of carbonyl (C=O) groups excluding carboxylic acids is 2. The molecule has 0 spiro atoms. The molecule has 4 heteroatoms. The normalized spacial score (nSPS) is 17.1. The van der Waals surface area contributed by atoms with Crippen LogP contribution < -0.4 is 5.32 Å². The highest BCUT2D eigenvalue weighted by Gasteiger charge is 2.33. The maximum atomic E-state index is 12.4. The Morgan fingerprint density at radius 1 is 1.12 bits per heavy atom. The Morgan fingerprint density at radius 2 is 1.83 bits per heavy atom. The maximum absolute atomic E-state index is 12.4. The molecular formula is C20H22N2O2. The van der Waals surface area contributed by atoms with Gasteiger partial charge in [0.2, 0.25) is 11.8 Å². The smallest absolute Gasteiger partial charge is 0.229 e. The van der Waals surface area contributed by atoms with Crippen LogP contribution in [-0.4, -0.2) is 29.8 Å². The van der Waals surface area contributed by atoms with Crippen molar-refractivity contribution < 1.29 is 9.59 Å². The minimum atomic E-state index is -0.269. The van der Waals surface area contributed by atoms with E-state index in [2.05, 4.69) is 17.4 Å². The molecule has 0 saturated carbocycles. The van der Waals surface area contributed by atoms with Gasteiger partial charge in [0.1, 0.15) is 0 Å². The topological polar surface area (TPSA) is 49.4 Å². The number of amides is 2. The molecule has 1 N–H and O–H groups in total. The summed E-state index contributed by atoms with van der Waals surface area (Å²) in [6, 6.07) is 17.8. The van der Waals surface area contributed by atoms with Crippen molar-refractivity contribution in [3.63, 3.8) is 0 Å². The van der Waals surface area contributed by atoms with Gasteiger partial charge in [-0.2, -0.15) is 0 Å². The fourth-order valence-corrected chi connectivity index (χ4v) is 2.95. The van der Waals surface area contributed by atoms with Crippen LogP contribution in [0.2, 0.25) is 0 Å². The highest BCUT2D eigenvalue weighted by molar-refractivity contribution is 5.97. The van der Waals surface area contributed by atoms with Crippen LogP contribution in [0.1, 0.15) is 17.5 Å². The van der Waals surface area contributed by atoms with Gasteiger partial charge in [0.05, 0.1) is 5.92 Å². The minimum Gasteiger partial charge on any atom is -0.342 e. The average Bonchev–Trinajstić information content (AvgIpc) is 2.97. The third-order valence-corrected chi connectivity index (χ3v) is 4.42. The van der Waals surface area contributed by atoms with Crippen molar-refractivity contribution in [3.05, 3.63) is 65.7 Å². The van der Waals surface area contributed by atoms with Crippen molar-refractivity contribution in [1.29, 1.82) is 0 Å². The summed E-state index contributed by atoms with van der Waals surface area (Å²) in [6.07, 6.45) is 1.12. The number of hydrogen-bond acceptors (Lipinski definition) is 2. The van der Waals surface area contributed by atoms with Crippen molar-refractivity contribution in [2.45, 2.75) is 19.8 Å². The molecule has 0 aromatic heterocycles. The van der Waals surface area contributed by atoms with Crippen LogP contribution in [0, 0.1) is 12.8 Å². The van der Waals surface area contributed by atoms with Crippen molar-refractivity contribution in [3.8, 4) is 0 Å². The van der Waals surface area contributed by atoms with Crippen LogP contribution in [0.4, 0.5) is 5.69 Å². The predicted octanol–water partition coefficient (Wildman–Crippen LogP) is 3.02. The molecule has 3 rings (SSSR count). The summed E-state index contributed by atoms with van der Waals surface area (Å²) >= 11 is 0. The zero-order valence-corrected chi connectivity index (χ0v) is 13.9. The van der Waals surface area contributed by atoms with Crippen LogP contribution in [-0.2, 0) is 16.0 Å². The first-order valence-electron chi connectivity index (χ1n) is 8.31. The number of nitrogens with one attached hydrogen (secondary N) is 1. The third kappa shape index (κ3) is 4.02. The van der Waals surface area contributed by atoms with E-state index in [0.29, 0.717) is 19.5 Å². The number of anilines is 1. The van der Waals surface area contributed by atoms with E-state index in [4.69, 9.17) is 0 Å². The van der Waals surface area contributed by atoms with Gasteiger partial charge < -0.3 is 10.2 Å². The van der Waals surface area contributed by atoms with E-state index in [9.17, 15) is 9.59 Å². The van der Waals surface area contributed by atoms with Gasteiger partial charge in [-0.1, -0.05) is 48.0 Å². The fraction of sp³-hybridized carbons (Fsp3) is 0.300. The first-order chi connectivity index (χ1) is 11.6. The monoisotopic (exact) mass is 322 g/mol. The second kappa shape index (κ2) is 7.30. The van der Waals surface area contributed by atoms with Gasteiger partial charge in [0.25, 0.3) is 0 Å². The predicted molar refractivity (Wildman–Crippen MR) is 94.6 cm³/mol. The quantitative estimate of drug-likeness (QED) is 0.920. The molecule has 1 aliphatic heterocycles. The van der Waals surface area contributed by atoms with E-state index in [1.165, 1.54) is 5.56 Å². The second-order valence-electron chi connectivity index (χ2n) is 6.33. The van der Waals surface area contributed by atoms with Gasteiger partial charge in [-0.3, -0.25) is 9.59 Å². The molecule has 0 radical (unpaired) electrons. The van der Waals surface area contributed by atoms with Crippen molar-refractivity contribution in [2.24, 2.45) is 5.92 Å².